The van der Waals surface area contributed by atoms with Crippen molar-refractivity contribution in [3.05, 3.63) is 75.5 Å². The molecule has 1 amide bonds. The molecule has 0 bridgehead atoms. The van der Waals surface area contributed by atoms with Gasteiger partial charge in [0.05, 0.1) is 27.7 Å². The molecule has 0 saturated heterocycles. The fourth-order valence-electron chi connectivity index (χ4n) is 4.17. The largest absolute Gasteiger partial charge is 0.428 e. The van der Waals surface area contributed by atoms with Crippen LogP contribution in [0.5, 0.6) is 0 Å². The van der Waals surface area contributed by atoms with Crippen molar-refractivity contribution in [2.75, 3.05) is 12.4 Å². The number of pyridine rings is 1. The van der Waals surface area contributed by atoms with Crippen LogP contribution in [0.3, 0.4) is 0 Å². The number of halogens is 7. The minimum absolute atomic E-state index is 0.00162. The van der Waals surface area contributed by atoms with Gasteiger partial charge in [0.2, 0.25) is 5.82 Å². The monoisotopic (exact) mass is 645 g/mol. The number of nitrogens with one attached hydrogen (secondary N) is 2. The van der Waals surface area contributed by atoms with E-state index in [9.17, 15) is 36.2 Å². The van der Waals surface area contributed by atoms with Crippen molar-refractivity contribution in [3.8, 4) is 5.82 Å². The number of benzene rings is 1. The summed E-state index contributed by atoms with van der Waals surface area (Å²) in [5.41, 5.74) is -2.89. The summed E-state index contributed by atoms with van der Waals surface area (Å²) in [6.07, 6.45) is -5.45. The van der Waals surface area contributed by atoms with Crippen molar-refractivity contribution in [1.29, 1.82) is 0 Å². The maximum Gasteiger partial charge on any atom is 0.428 e. The number of anilines is 1. The Kier molecular flexibility index (Phi) is 8.93. The number of tetrazole rings is 1. The first-order valence-corrected chi connectivity index (χ1v) is 13.3. The van der Waals surface area contributed by atoms with Crippen LogP contribution >= 0.6 is 11.6 Å². The topological polar surface area (TPSA) is 136 Å². The maximum absolute atomic E-state index is 14.4. The lowest BCUT2D eigenvalue weighted by atomic mass is 9.99. The molecule has 0 aliphatic rings. The van der Waals surface area contributed by atoms with Crippen molar-refractivity contribution in [2.45, 2.75) is 57.7 Å². The minimum Gasteiger partial charge on any atom is -0.368 e. The average Bonchev–Trinajstić information content (AvgIpc) is 3.61. The number of carbonyl (C=O) groups excluding carboxylic acids is 1. The third-order valence-corrected chi connectivity index (χ3v) is 7.02. The molecule has 0 saturated carbocycles. The molecule has 0 fully saturated rings. The van der Waals surface area contributed by atoms with E-state index in [-0.39, 0.29) is 34.7 Å². The van der Waals surface area contributed by atoms with Crippen molar-refractivity contribution in [3.63, 3.8) is 0 Å². The number of alkyl halides is 6. The van der Waals surface area contributed by atoms with Crippen molar-refractivity contribution in [2.24, 2.45) is 0 Å². The molecule has 2 unspecified atom stereocenters. The average molecular weight is 646 g/mol. The molecule has 11 nitrogen and oxygen atoms in total. The van der Waals surface area contributed by atoms with Crippen LogP contribution in [-0.2, 0) is 18.9 Å². The highest BCUT2D eigenvalue weighted by molar-refractivity contribution is 6.32. The van der Waals surface area contributed by atoms with Gasteiger partial charge < -0.3 is 15.7 Å². The Morgan fingerprint density at radius 1 is 1.14 bits per heavy atom. The lowest BCUT2D eigenvalue weighted by Crippen LogP contribution is -2.51. The van der Waals surface area contributed by atoms with Crippen LogP contribution in [0.1, 0.15) is 58.8 Å². The molecule has 2 atom stereocenters. The van der Waals surface area contributed by atoms with Crippen LogP contribution in [0.15, 0.2) is 36.5 Å². The van der Waals surface area contributed by atoms with E-state index in [0.29, 0.717) is 22.5 Å². The van der Waals surface area contributed by atoms with Gasteiger partial charge in [0.1, 0.15) is 6.54 Å². The maximum atomic E-state index is 14.4. The highest BCUT2D eigenvalue weighted by Gasteiger charge is 2.70. The first kappa shape index (κ1) is 32.7. The van der Waals surface area contributed by atoms with Gasteiger partial charge in [-0.2, -0.15) is 31.8 Å². The molecule has 0 radical (unpaired) electrons. The molecule has 236 valence electrons. The van der Waals surface area contributed by atoms with Gasteiger partial charge in [-0.3, -0.25) is 4.79 Å². The van der Waals surface area contributed by atoms with E-state index in [1.54, 1.807) is 19.1 Å². The van der Waals surface area contributed by atoms with Crippen LogP contribution in [0.2, 0.25) is 5.02 Å². The van der Waals surface area contributed by atoms with E-state index < -0.39 is 42.3 Å². The number of aliphatic hydroxyl groups is 1. The number of nitrogens with zero attached hydrogens (tertiary/aromatic N) is 7. The Labute approximate surface area is 251 Å². The molecule has 3 heterocycles. The zero-order valence-electron chi connectivity index (χ0n) is 23.6. The molecule has 0 aliphatic carbocycles. The summed E-state index contributed by atoms with van der Waals surface area (Å²) in [6.45, 7) is 2.80. The van der Waals surface area contributed by atoms with Crippen molar-refractivity contribution >= 4 is 23.2 Å². The van der Waals surface area contributed by atoms with Crippen LogP contribution in [0.25, 0.3) is 5.82 Å². The summed E-state index contributed by atoms with van der Waals surface area (Å²) >= 11 is 6.31. The zero-order valence-corrected chi connectivity index (χ0v) is 24.3. The Morgan fingerprint density at radius 3 is 2.45 bits per heavy atom. The van der Waals surface area contributed by atoms with Gasteiger partial charge in [0.15, 0.2) is 12.0 Å². The number of aromatic nitrogens is 7. The summed E-state index contributed by atoms with van der Waals surface area (Å²) in [6, 6.07) is 7.84. The normalized spacial score (nSPS) is 14.3. The van der Waals surface area contributed by atoms with E-state index in [2.05, 4.69) is 36.1 Å². The number of hydrogen-bond acceptors (Lipinski definition) is 8. The first-order chi connectivity index (χ1) is 20.5. The van der Waals surface area contributed by atoms with E-state index in [4.69, 9.17) is 11.6 Å². The second-order valence-electron chi connectivity index (χ2n) is 9.81. The minimum atomic E-state index is -5.92. The number of carbonyl (C=O) groups is 1. The fourth-order valence-corrected chi connectivity index (χ4v) is 4.37. The molecule has 0 spiro atoms. The van der Waals surface area contributed by atoms with Gasteiger partial charge in [-0.1, -0.05) is 24.6 Å². The Bertz CT molecular complexity index is 1670. The Hall–Kier alpha value is -4.25. The number of aryl methyl sites for hydroxylation is 2. The zero-order chi connectivity index (χ0) is 32.6. The molecule has 1 aromatic carbocycles. The first-order valence-electron chi connectivity index (χ1n) is 12.9. The molecule has 4 aromatic rings. The quantitative estimate of drug-likeness (QED) is 0.167. The van der Waals surface area contributed by atoms with Crippen molar-refractivity contribution < 1.29 is 36.2 Å². The van der Waals surface area contributed by atoms with E-state index in [1.807, 2.05) is 13.0 Å². The van der Waals surface area contributed by atoms with Crippen LogP contribution < -0.4 is 10.6 Å². The van der Waals surface area contributed by atoms with Crippen molar-refractivity contribution in [1.82, 2.24) is 40.3 Å². The predicted molar refractivity (Wildman–Crippen MR) is 145 cm³/mol. The molecule has 4 rings (SSSR count). The molecule has 3 N–H and O–H groups in total. The fraction of sp³-hybridized carbons (Fsp3) is 0.385. The number of aliphatic hydroxyl groups excluding tert-OH is 1. The van der Waals surface area contributed by atoms with E-state index in [1.165, 1.54) is 25.4 Å². The summed E-state index contributed by atoms with van der Waals surface area (Å²) in [5.74, 6) is -7.32. The molecule has 18 heteroatoms. The highest BCUT2D eigenvalue weighted by atomic mass is 35.5. The van der Waals surface area contributed by atoms with E-state index in [0.717, 1.165) is 10.2 Å². The van der Waals surface area contributed by atoms with Gasteiger partial charge in [-0.15, -0.1) is 10.2 Å². The number of amides is 1. The number of hydrogen-bond donors (Lipinski definition) is 3. The van der Waals surface area contributed by atoms with Crippen LogP contribution in [0.4, 0.5) is 32.0 Å². The lowest BCUT2D eigenvalue weighted by Gasteiger charge is -2.29. The summed E-state index contributed by atoms with van der Waals surface area (Å²) in [5, 5.41) is 30.7. The SMILES string of the molecule is CCc1cc(C)c(NC(O)c2cc(Cn3nnc(C(F)(F)C(C)(F)C(F)(F)F)n3)nn2-c2ncccc2Cl)c(C(=O)NC)c1. The summed E-state index contributed by atoms with van der Waals surface area (Å²) in [4.78, 5) is 17.3. The second kappa shape index (κ2) is 12.0. The molecular weight excluding hydrogens is 620 g/mol. The predicted octanol–water partition coefficient (Wildman–Crippen LogP) is 4.67. The van der Waals surface area contributed by atoms with Crippen LogP contribution in [0, 0.1) is 6.92 Å². The number of rotatable bonds is 10. The third kappa shape index (κ3) is 6.06. The lowest BCUT2D eigenvalue weighted by molar-refractivity contribution is -0.301. The van der Waals surface area contributed by atoms with Gasteiger partial charge >= 0.3 is 12.1 Å². The molecular formula is C26H26ClF6N9O2. The Balaban J connectivity index is 1.73. The van der Waals surface area contributed by atoms with Gasteiger partial charge in [0.25, 0.3) is 11.6 Å². The third-order valence-electron chi connectivity index (χ3n) is 6.72. The Morgan fingerprint density at radius 2 is 1.84 bits per heavy atom. The standard InChI is InChI=1S/C26H26ClF6N9O2/c1-5-14-9-13(2)19(16(10-14)21(43)34-4)36-22(44)18-11-15(38-42(18)20-17(27)7-6-8-35-20)12-41-39-23(37-40-41)25(29,30)24(3,28)26(31,32)33/h6-11,22,36,44H,5,12H2,1-4H3,(H,34,43). The van der Waals surface area contributed by atoms with E-state index >= 15 is 0 Å². The van der Waals surface area contributed by atoms with Gasteiger partial charge in [-0.05, 0) is 60.9 Å². The van der Waals surface area contributed by atoms with Crippen LogP contribution in [-0.4, -0.2) is 64.9 Å². The molecule has 0 aliphatic heterocycles. The van der Waals surface area contributed by atoms with Gasteiger partial charge in [-0.25, -0.2) is 14.1 Å². The summed E-state index contributed by atoms with van der Waals surface area (Å²) in [7, 11) is 1.46. The smallest absolute Gasteiger partial charge is 0.368 e. The summed E-state index contributed by atoms with van der Waals surface area (Å²) < 4.78 is 83.1. The highest BCUT2D eigenvalue weighted by Crippen LogP contribution is 2.49. The van der Waals surface area contributed by atoms with Gasteiger partial charge in [0, 0.05) is 13.2 Å². The second-order valence-corrected chi connectivity index (χ2v) is 10.2. The molecule has 44 heavy (non-hydrogen) atoms. The molecule has 3 aromatic heterocycles.